The minimum absolute atomic E-state index is 0.0872. The van der Waals surface area contributed by atoms with Crippen LogP contribution in [0.1, 0.15) is 44.6 Å². The SMILES string of the molecule is CCC(OC1CCCC1)C(=O)Nc1ccc(CC(=O)NCC(=O)O)cc1. The van der Waals surface area contributed by atoms with E-state index in [2.05, 4.69) is 10.6 Å². The molecule has 1 aromatic rings. The number of ether oxygens (including phenoxy) is 1. The van der Waals surface area contributed by atoms with Crippen molar-refractivity contribution in [3.05, 3.63) is 29.8 Å². The maximum Gasteiger partial charge on any atom is 0.322 e. The third-order valence-corrected chi connectivity index (χ3v) is 4.35. The topological polar surface area (TPSA) is 105 Å². The summed E-state index contributed by atoms with van der Waals surface area (Å²) in [6.07, 6.45) is 4.77. The molecule has 0 spiro atoms. The van der Waals surface area contributed by atoms with Crippen molar-refractivity contribution in [1.29, 1.82) is 0 Å². The van der Waals surface area contributed by atoms with Gasteiger partial charge >= 0.3 is 5.97 Å². The van der Waals surface area contributed by atoms with Crippen molar-refractivity contribution in [2.45, 2.75) is 57.7 Å². The Hall–Kier alpha value is -2.41. The smallest absolute Gasteiger partial charge is 0.322 e. The van der Waals surface area contributed by atoms with E-state index < -0.39 is 18.6 Å². The van der Waals surface area contributed by atoms with Gasteiger partial charge in [0.2, 0.25) is 5.91 Å². The molecule has 1 saturated carbocycles. The second-order valence-electron chi connectivity index (χ2n) is 6.47. The third-order valence-electron chi connectivity index (χ3n) is 4.35. The second-order valence-corrected chi connectivity index (χ2v) is 6.47. The fourth-order valence-electron chi connectivity index (χ4n) is 2.95. The first-order valence-electron chi connectivity index (χ1n) is 9.01. The number of hydrogen-bond acceptors (Lipinski definition) is 4. The van der Waals surface area contributed by atoms with Gasteiger partial charge in [-0.05, 0) is 37.0 Å². The van der Waals surface area contributed by atoms with Crippen LogP contribution < -0.4 is 10.6 Å². The summed E-state index contributed by atoms with van der Waals surface area (Å²) >= 11 is 0. The van der Waals surface area contributed by atoms with Gasteiger partial charge in [-0.1, -0.05) is 31.9 Å². The van der Waals surface area contributed by atoms with Crippen molar-refractivity contribution in [3.8, 4) is 0 Å². The molecule has 0 aromatic heterocycles. The number of carboxylic acids is 1. The molecule has 1 aliphatic rings. The highest BCUT2D eigenvalue weighted by molar-refractivity contribution is 5.94. The van der Waals surface area contributed by atoms with E-state index in [-0.39, 0.29) is 24.3 Å². The number of amides is 2. The molecule has 1 aromatic carbocycles. The van der Waals surface area contributed by atoms with E-state index in [1.165, 1.54) is 0 Å². The monoisotopic (exact) mass is 362 g/mol. The van der Waals surface area contributed by atoms with Gasteiger partial charge in [-0.25, -0.2) is 0 Å². The first-order valence-corrected chi connectivity index (χ1v) is 9.01. The van der Waals surface area contributed by atoms with Crippen LogP contribution in [0.4, 0.5) is 5.69 Å². The van der Waals surface area contributed by atoms with E-state index >= 15 is 0 Å². The van der Waals surface area contributed by atoms with Crippen molar-refractivity contribution >= 4 is 23.5 Å². The first kappa shape index (κ1) is 19.9. The summed E-state index contributed by atoms with van der Waals surface area (Å²) in [5.41, 5.74) is 1.37. The van der Waals surface area contributed by atoms with Gasteiger partial charge in [-0.15, -0.1) is 0 Å². The largest absolute Gasteiger partial charge is 0.480 e. The Morgan fingerprint density at radius 2 is 1.85 bits per heavy atom. The van der Waals surface area contributed by atoms with Crippen LogP contribution >= 0.6 is 0 Å². The first-order chi connectivity index (χ1) is 12.5. The van der Waals surface area contributed by atoms with Crippen LogP contribution in [0.3, 0.4) is 0 Å². The molecule has 142 valence electrons. The maximum atomic E-state index is 12.4. The van der Waals surface area contributed by atoms with Crippen LogP contribution in [-0.2, 0) is 25.5 Å². The summed E-state index contributed by atoms with van der Waals surface area (Å²) < 4.78 is 5.90. The van der Waals surface area contributed by atoms with Gasteiger partial charge in [0.15, 0.2) is 0 Å². The molecular weight excluding hydrogens is 336 g/mol. The molecule has 1 unspecified atom stereocenters. The Labute approximate surface area is 153 Å². The minimum Gasteiger partial charge on any atom is -0.480 e. The van der Waals surface area contributed by atoms with E-state index in [0.29, 0.717) is 12.1 Å². The fourth-order valence-corrected chi connectivity index (χ4v) is 2.95. The molecule has 0 bridgehead atoms. The lowest BCUT2D eigenvalue weighted by molar-refractivity contribution is -0.137. The summed E-state index contributed by atoms with van der Waals surface area (Å²) in [4.78, 5) is 34.4. The Kier molecular flexibility index (Phi) is 7.59. The molecule has 1 atom stereocenters. The number of rotatable bonds is 9. The van der Waals surface area contributed by atoms with Crippen molar-refractivity contribution < 1.29 is 24.2 Å². The number of hydrogen-bond donors (Lipinski definition) is 3. The molecular formula is C19H26N2O5. The lowest BCUT2D eigenvalue weighted by Gasteiger charge is -2.20. The zero-order valence-electron chi connectivity index (χ0n) is 15.0. The lowest BCUT2D eigenvalue weighted by Crippen LogP contribution is -2.32. The lowest BCUT2D eigenvalue weighted by atomic mass is 10.1. The predicted octanol–water partition coefficient (Wildman–Crippen LogP) is 2.11. The number of carboxylic acid groups (broad SMARTS) is 1. The highest BCUT2D eigenvalue weighted by Crippen LogP contribution is 2.23. The summed E-state index contributed by atoms with van der Waals surface area (Å²) in [7, 11) is 0. The highest BCUT2D eigenvalue weighted by Gasteiger charge is 2.24. The second kappa shape index (κ2) is 9.91. The zero-order valence-corrected chi connectivity index (χ0v) is 15.0. The molecule has 1 fully saturated rings. The quantitative estimate of drug-likeness (QED) is 0.624. The molecule has 0 aliphatic heterocycles. The van der Waals surface area contributed by atoms with Gasteiger partial charge in [-0.3, -0.25) is 14.4 Å². The molecule has 0 saturated heterocycles. The zero-order chi connectivity index (χ0) is 18.9. The standard InChI is InChI=1S/C19H26N2O5/c1-2-16(26-15-5-3-4-6-15)19(25)21-14-9-7-13(8-10-14)11-17(22)20-12-18(23)24/h7-10,15-16H,2-6,11-12H2,1H3,(H,20,22)(H,21,25)(H,23,24). The molecule has 0 radical (unpaired) electrons. The Bertz CT molecular complexity index is 623. The van der Waals surface area contributed by atoms with Gasteiger partial charge < -0.3 is 20.5 Å². The number of carbonyl (C=O) groups is 3. The maximum absolute atomic E-state index is 12.4. The average Bonchev–Trinajstić information content (AvgIpc) is 3.12. The molecule has 2 rings (SSSR count). The van der Waals surface area contributed by atoms with E-state index in [0.717, 1.165) is 31.2 Å². The Balaban J connectivity index is 1.83. The highest BCUT2D eigenvalue weighted by atomic mass is 16.5. The number of nitrogens with one attached hydrogen (secondary N) is 2. The van der Waals surface area contributed by atoms with Gasteiger partial charge in [0.25, 0.3) is 5.91 Å². The van der Waals surface area contributed by atoms with Crippen LogP contribution in [-0.4, -0.2) is 41.6 Å². The average molecular weight is 362 g/mol. The van der Waals surface area contributed by atoms with Gasteiger partial charge in [0, 0.05) is 5.69 Å². The van der Waals surface area contributed by atoms with Crippen LogP contribution in [0, 0.1) is 0 Å². The van der Waals surface area contributed by atoms with E-state index in [1.54, 1.807) is 24.3 Å². The predicted molar refractivity (Wildman–Crippen MR) is 96.8 cm³/mol. The number of anilines is 1. The molecule has 2 amide bonds. The van der Waals surface area contributed by atoms with E-state index in [1.807, 2.05) is 6.92 Å². The molecule has 7 nitrogen and oxygen atoms in total. The van der Waals surface area contributed by atoms with Crippen LogP contribution in [0.15, 0.2) is 24.3 Å². The van der Waals surface area contributed by atoms with Gasteiger partial charge in [0.1, 0.15) is 12.6 Å². The van der Waals surface area contributed by atoms with Crippen molar-refractivity contribution in [2.24, 2.45) is 0 Å². The van der Waals surface area contributed by atoms with Crippen molar-refractivity contribution in [1.82, 2.24) is 5.32 Å². The number of carbonyl (C=O) groups excluding carboxylic acids is 2. The summed E-state index contributed by atoms with van der Waals surface area (Å²) in [6.45, 7) is 1.53. The normalized spacial score (nSPS) is 15.4. The molecule has 7 heteroatoms. The molecule has 0 heterocycles. The van der Waals surface area contributed by atoms with E-state index in [4.69, 9.17) is 9.84 Å². The number of benzene rings is 1. The molecule has 3 N–H and O–H groups in total. The molecule has 1 aliphatic carbocycles. The fraction of sp³-hybridized carbons (Fsp3) is 0.526. The van der Waals surface area contributed by atoms with Crippen molar-refractivity contribution in [3.63, 3.8) is 0 Å². The van der Waals surface area contributed by atoms with Gasteiger partial charge in [-0.2, -0.15) is 0 Å². The third kappa shape index (κ3) is 6.48. The van der Waals surface area contributed by atoms with E-state index in [9.17, 15) is 14.4 Å². The molecule has 26 heavy (non-hydrogen) atoms. The number of aliphatic carboxylic acids is 1. The Morgan fingerprint density at radius 3 is 2.42 bits per heavy atom. The summed E-state index contributed by atoms with van der Waals surface area (Å²) in [6, 6.07) is 6.91. The van der Waals surface area contributed by atoms with Crippen LogP contribution in [0.25, 0.3) is 0 Å². The summed E-state index contributed by atoms with van der Waals surface area (Å²) in [5.74, 6) is -1.60. The van der Waals surface area contributed by atoms with Crippen LogP contribution in [0.2, 0.25) is 0 Å². The van der Waals surface area contributed by atoms with Crippen molar-refractivity contribution in [2.75, 3.05) is 11.9 Å². The summed E-state index contributed by atoms with van der Waals surface area (Å²) in [5, 5.41) is 13.7. The Morgan fingerprint density at radius 1 is 1.19 bits per heavy atom. The van der Waals surface area contributed by atoms with Crippen LogP contribution in [0.5, 0.6) is 0 Å². The van der Waals surface area contributed by atoms with Gasteiger partial charge in [0.05, 0.1) is 12.5 Å². The minimum atomic E-state index is -1.08.